The monoisotopic (exact) mass is 288 g/mol. The molecular weight excluding hydrogens is 268 g/mol. The van der Waals surface area contributed by atoms with Crippen LogP contribution in [0.3, 0.4) is 0 Å². The first kappa shape index (κ1) is 13.0. The Morgan fingerprint density at radius 2 is 2.29 bits per heavy atom. The quantitative estimate of drug-likeness (QED) is 0.805. The van der Waals surface area contributed by atoms with Gasteiger partial charge < -0.3 is 9.64 Å². The average molecular weight is 288 g/mol. The van der Waals surface area contributed by atoms with E-state index in [1.807, 2.05) is 12.1 Å². The molecule has 1 atom stereocenters. The highest BCUT2D eigenvalue weighted by Gasteiger charge is 2.32. The highest BCUT2D eigenvalue weighted by Crippen LogP contribution is 2.23. The largest absolute Gasteiger partial charge is 0.381 e. The Morgan fingerprint density at radius 1 is 1.38 bits per heavy atom. The van der Waals surface area contributed by atoms with Crippen molar-refractivity contribution in [2.75, 3.05) is 44.8 Å². The van der Waals surface area contributed by atoms with Crippen LogP contribution in [0.4, 0.5) is 5.82 Å². The van der Waals surface area contributed by atoms with Crippen molar-refractivity contribution in [3.63, 3.8) is 0 Å². The third-order valence-electron chi connectivity index (χ3n) is 4.53. The Labute approximate surface area is 123 Å². The molecule has 7 nitrogen and oxygen atoms in total. The van der Waals surface area contributed by atoms with Crippen LogP contribution >= 0.6 is 0 Å². The van der Waals surface area contributed by atoms with Crippen molar-refractivity contribution in [2.45, 2.75) is 12.5 Å². The molecule has 7 heteroatoms. The molecule has 4 heterocycles. The number of hydrogen-bond donors (Lipinski definition) is 0. The molecule has 21 heavy (non-hydrogen) atoms. The van der Waals surface area contributed by atoms with E-state index < -0.39 is 0 Å². The summed E-state index contributed by atoms with van der Waals surface area (Å²) in [5.41, 5.74) is 0.786. The predicted octanol–water partition coefficient (Wildman–Crippen LogP) is 0.281. The normalized spacial score (nSPS) is 23.1. The van der Waals surface area contributed by atoms with Crippen LogP contribution < -0.4 is 4.90 Å². The van der Waals surface area contributed by atoms with Crippen molar-refractivity contribution < 1.29 is 4.74 Å². The topological polar surface area (TPSA) is 58.8 Å². The highest BCUT2D eigenvalue weighted by molar-refractivity contribution is 5.47. The Bertz CT molecular complexity index is 617. The molecule has 0 aliphatic carbocycles. The van der Waals surface area contributed by atoms with Crippen molar-refractivity contribution in [1.82, 2.24) is 24.7 Å². The molecule has 2 aliphatic rings. The molecule has 4 rings (SSSR count). The van der Waals surface area contributed by atoms with Crippen LogP contribution in [-0.2, 0) is 4.74 Å². The number of hydrogen-bond acceptors (Lipinski definition) is 6. The summed E-state index contributed by atoms with van der Waals surface area (Å²) in [6, 6.07) is 4.59. The Balaban J connectivity index is 1.35. The van der Waals surface area contributed by atoms with Gasteiger partial charge in [-0.1, -0.05) is 0 Å². The molecule has 0 N–H and O–H groups in total. The molecule has 0 aromatic carbocycles. The van der Waals surface area contributed by atoms with Crippen molar-refractivity contribution in [2.24, 2.45) is 5.92 Å². The van der Waals surface area contributed by atoms with Gasteiger partial charge in [0.25, 0.3) is 0 Å². The summed E-state index contributed by atoms with van der Waals surface area (Å²) < 4.78 is 7.18. The second-order valence-electron chi connectivity index (χ2n) is 6.05. The number of aromatic nitrogens is 4. The molecule has 0 spiro atoms. The van der Waals surface area contributed by atoms with E-state index in [0.29, 0.717) is 12.0 Å². The van der Waals surface area contributed by atoms with E-state index in [-0.39, 0.29) is 0 Å². The van der Waals surface area contributed by atoms with Crippen LogP contribution in [0.5, 0.6) is 0 Å². The fourth-order valence-electron chi connectivity index (χ4n) is 3.09. The van der Waals surface area contributed by atoms with Crippen molar-refractivity contribution in [3.8, 4) is 0 Å². The average Bonchev–Trinajstić information content (AvgIpc) is 3.07. The molecule has 1 unspecified atom stereocenters. The summed E-state index contributed by atoms with van der Waals surface area (Å²) in [7, 11) is 2.22. The number of nitrogens with zero attached hydrogens (tertiary/aromatic N) is 6. The van der Waals surface area contributed by atoms with Gasteiger partial charge >= 0.3 is 0 Å². The molecule has 112 valence electrons. The summed E-state index contributed by atoms with van der Waals surface area (Å²) >= 11 is 0. The molecule has 2 aromatic heterocycles. The van der Waals surface area contributed by atoms with Gasteiger partial charge in [0.15, 0.2) is 5.65 Å². The summed E-state index contributed by atoms with van der Waals surface area (Å²) in [5, 5.41) is 12.4. The molecule has 2 aliphatic heterocycles. The summed E-state index contributed by atoms with van der Waals surface area (Å²) in [5.74, 6) is 1.70. The second-order valence-corrected chi connectivity index (χ2v) is 6.05. The first-order chi connectivity index (χ1) is 10.3. The van der Waals surface area contributed by atoms with Crippen LogP contribution in [0.1, 0.15) is 6.42 Å². The molecule has 0 amide bonds. The number of ether oxygens (including phenoxy) is 1. The fourth-order valence-corrected chi connectivity index (χ4v) is 3.09. The van der Waals surface area contributed by atoms with Gasteiger partial charge in [-0.2, -0.15) is 4.52 Å². The highest BCUT2D eigenvalue weighted by atomic mass is 16.5. The molecule has 2 aromatic rings. The predicted molar refractivity (Wildman–Crippen MR) is 78.3 cm³/mol. The van der Waals surface area contributed by atoms with Crippen LogP contribution in [0, 0.1) is 5.92 Å². The van der Waals surface area contributed by atoms with Gasteiger partial charge in [-0.15, -0.1) is 15.3 Å². The van der Waals surface area contributed by atoms with Gasteiger partial charge in [0.05, 0.1) is 6.61 Å². The van der Waals surface area contributed by atoms with E-state index >= 15 is 0 Å². The lowest BCUT2D eigenvalue weighted by Crippen LogP contribution is -2.59. The van der Waals surface area contributed by atoms with E-state index in [1.165, 1.54) is 6.42 Å². The standard InChI is InChI=1S/C14H20N6O/c1-18(6-11-4-5-21-9-11)12-7-19(8-12)14-3-2-13-16-15-10-20(13)17-14/h2-3,10-12H,4-9H2,1H3. The van der Waals surface area contributed by atoms with Gasteiger partial charge in [0.2, 0.25) is 0 Å². The summed E-state index contributed by atoms with van der Waals surface area (Å²) in [6.45, 7) is 5.05. The molecule has 2 saturated heterocycles. The Hall–Kier alpha value is -1.73. The van der Waals surface area contributed by atoms with Crippen molar-refractivity contribution >= 4 is 11.5 Å². The van der Waals surface area contributed by atoms with Crippen molar-refractivity contribution in [1.29, 1.82) is 0 Å². The number of fused-ring (bicyclic) bond motifs is 1. The zero-order chi connectivity index (χ0) is 14.2. The lowest BCUT2D eigenvalue weighted by molar-refractivity contribution is 0.149. The second kappa shape index (κ2) is 5.23. The number of rotatable bonds is 4. The third-order valence-corrected chi connectivity index (χ3v) is 4.53. The minimum Gasteiger partial charge on any atom is -0.381 e. The lowest BCUT2D eigenvalue weighted by Gasteiger charge is -2.45. The van der Waals surface area contributed by atoms with E-state index in [1.54, 1.807) is 10.8 Å². The van der Waals surface area contributed by atoms with Crippen LogP contribution in [-0.4, -0.2) is 70.6 Å². The van der Waals surface area contributed by atoms with Gasteiger partial charge in [0, 0.05) is 32.3 Å². The first-order valence-corrected chi connectivity index (χ1v) is 7.49. The van der Waals surface area contributed by atoms with Gasteiger partial charge in [0.1, 0.15) is 12.1 Å². The maximum absolute atomic E-state index is 5.45. The van der Waals surface area contributed by atoms with Gasteiger partial charge in [-0.05, 0) is 31.5 Å². The van der Waals surface area contributed by atoms with Gasteiger partial charge in [-0.25, -0.2) is 0 Å². The Morgan fingerprint density at radius 3 is 3.10 bits per heavy atom. The van der Waals surface area contributed by atoms with Crippen molar-refractivity contribution in [3.05, 3.63) is 18.5 Å². The fraction of sp³-hybridized carbons (Fsp3) is 0.643. The smallest absolute Gasteiger partial charge is 0.177 e. The minimum absolute atomic E-state index is 0.615. The number of anilines is 1. The molecule has 0 saturated carbocycles. The Kier molecular flexibility index (Phi) is 3.23. The molecular formula is C14H20N6O. The maximum Gasteiger partial charge on any atom is 0.177 e. The maximum atomic E-state index is 5.45. The van der Waals surface area contributed by atoms with E-state index in [0.717, 1.165) is 44.3 Å². The zero-order valence-electron chi connectivity index (χ0n) is 12.2. The minimum atomic E-state index is 0.615. The summed E-state index contributed by atoms with van der Waals surface area (Å²) in [6.07, 6.45) is 2.84. The zero-order valence-corrected chi connectivity index (χ0v) is 12.2. The van der Waals surface area contributed by atoms with E-state index in [2.05, 4.69) is 32.1 Å². The lowest BCUT2D eigenvalue weighted by atomic mass is 10.0. The van der Waals surface area contributed by atoms with E-state index in [9.17, 15) is 0 Å². The SMILES string of the molecule is CN(CC1CCOC1)C1CN(c2ccc3nncn3n2)C1. The molecule has 2 fully saturated rings. The number of likely N-dealkylation sites (N-methyl/N-ethyl adjacent to an activating group) is 1. The van der Waals surface area contributed by atoms with Gasteiger partial charge in [-0.3, -0.25) is 4.90 Å². The van der Waals surface area contributed by atoms with Crippen LogP contribution in [0.25, 0.3) is 5.65 Å². The van der Waals surface area contributed by atoms with E-state index in [4.69, 9.17) is 4.74 Å². The molecule has 0 radical (unpaired) electrons. The van der Waals surface area contributed by atoms with Crippen LogP contribution in [0.15, 0.2) is 18.5 Å². The third kappa shape index (κ3) is 2.47. The summed E-state index contributed by atoms with van der Waals surface area (Å²) in [4.78, 5) is 4.76. The first-order valence-electron chi connectivity index (χ1n) is 7.49. The molecule has 0 bridgehead atoms. The van der Waals surface area contributed by atoms with Crippen LogP contribution in [0.2, 0.25) is 0 Å².